The third-order valence-corrected chi connectivity index (χ3v) is 6.89. The summed E-state index contributed by atoms with van der Waals surface area (Å²) in [5, 5.41) is 5.32. The summed E-state index contributed by atoms with van der Waals surface area (Å²) in [4.78, 5) is 24.3. The SMILES string of the molecule is COc1ccc(NC(=O)CN(C)S(=O)(=O)c2cc3c(cc2C)NC(=O)[C@@H](C)O3)c(OC)c1. The second-order valence-electron chi connectivity index (χ2n) is 7.24. The Morgan fingerprint density at radius 1 is 1.22 bits per heavy atom. The molecule has 2 aromatic rings. The quantitative estimate of drug-likeness (QED) is 0.644. The predicted octanol–water partition coefficient (Wildman–Crippen LogP) is 1.99. The summed E-state index contributed by atoms with van der Waals surface area (Å²) in [6.07, 6.45) is -0.747. The lowest BCUT2D eigenvalue weighted by atomic mass is 10.1. The van der Waals surface area contributed by atoms with Crippen molar-refractivity contribution in [2.75, 3.05) is 38.4 Å². The van der Waals surface area contributed by atoms with Crippen LogP contribution in [0.4, 0.5) is 11.4 Å². The zero-order chi connectivity index (χ0) is 23.6. The number of carbonyl (C=O) groups excluding carboxylic acids is 2. The molecule has 2 N–H and O–H groups in total. The Labute approximate surface area is 186 Å². The zero-order valence-electron chi connectivity index (χ0n) is 18.4. The molecule has 3 rings (SSSR count). The number of fused-ring (bicyclic) bond motifs is 1. The van der Waals surface area contributed by atoms with E-state index >= 15 is 0 Å². The van der Waals surface area contributed by atoms with Crippen LogP contribution in [0.3, 0.4) is 0 Å². The highest BCUT2D eigenvalue weighted by atomic mass is 32.2. The lowest BCUT2D eigenvalue weighted by molar-refractivity contribution is -0.122. The van der Waals surface area contributed by atoms with E-state index in [0.717, 1.165) is 4.31 Å². The normalized spacial score (nSPS) is 15.4. The number of aryl methyl sites for hydroxylation is 1. The highest BCUT2D eigenvalue weighted by Gasteiger charge is 2.30. The summed E-state index contributed by atoms with van der Waals surface area (Å²) in [5.41, 5.74) is 1.19. The van der Waals surface area contributed by atoms with Crippen LogP contribution in [0.15, 0.2) is 35.2 Å². The number of rotatable bonds is 7. The third kappa shape index (κ3) is 4.63. The maximum absolute atomic E-state index is 13.1. The van der Waals surface area contributed by atoms with E-state index in [1.165, 1.54) is 33.4 Å². The number of nitrogens with zero attached hydrogens (tertiary/aromatic N) is 1. The molecule has 1 aliphatic heterocycles. The van der Waals surface area contributed by atoms with Crippen molar-refractivity contribution in [3.05, 3.63) is 35.9 Å². The molecule has 0 spiro atoms. The number of sulfonamides is 1. The van der Waals surface area contributed by atoms with Crippen molar-refractivity contribution in [2.24, 2.45) is 0 Å². The molecule has 1 aliphatic rings. The van der Waals surface area contributed by atoms with E-state index in [1.54, 1.807) is 32.0 Å². The van der Waals surface area contributed by atoms with E-state index in [-0.39, 0.29) is 16.6 Å². The first kappa shape index (κ1) is 23.4. The molecule has 0 radical (unpaired) electrons. The Hall–Kier alpha value is -3.31. The zero-order valence-corrected chi connectivity index (χ0v) is 19.2. The van der Waals surface area contributed by atoms with E-state index in [0.29, 0.717) is 28.4 Å². The second-order valence-corrected chi connectivity index (χ2v) is 9.25. The van der Waals surface area contributed by atoms with Gasteiger partial charge in [0.15, 0.2) is 6.10 Å². The number of anilines is 2. The molecule has 2 aromatic carbocycles. The molecule has 0 saturated carbocycles. The Balaban J connectivity index is 1.79. The van der Waals surface area contributed by atoms with E-state index < -0.39 is 28.6 Å². The Kier molecular flexibility index (Phi) is 6.60. The van der Waals surface area contributed by atoms with Crippen molar-refractivity contribution in [1.29, 1.82) is 0 Å². The summed E-state index contributed by atoms with van der Waals surface area (Å²) < 4.78 is 43.1. The van der Waals surface area contributed by atoms with Gasteiger partial charge in [-0.3, -0.25) is 9.59 Å². The van der Waals surface area contributed by atoms with Gasteiger partial charge >= 0.3 is 0 Å². The van der Waals surface area contributed by atoms with Crippen molar-refractivity contribution in [3.63, 3.8) is 0 Å². The minimum absolute atomic E-state index is 0.0167. The molecule has 32 heavy (non-hydrogen) atoms. The van der Waals surface area contributed by atoms with Gasteiger partial charge < -0.3 is 24.8 Å². The molecule has 10 nitrogen and oxygen atoms in total. The maximum atomic E-state index is 13.1. The predicted molar refractivity (Wildman–Crippen MR) is 118 cm³/mol. The molecule has 0 aliphatic carbocycles. The highest BCUT2D eigenvalue weighted by Crippen LogP contribution is 2.35. The number of amides is 2. The number of likely N-dealkylation sites (N-methyl/N-ethyl adjacent to an activating group) is 1. The van der Waals surface area contributed by atoms with Gasteiger partial charge in [0.05, 0.1) is 37.0 Å². The molecule has 1 heterocycles. The van der Waals surface area contributed by atoms with Crippen LogP contribution in [0.5, 0.6) is 17.2 Å². The summed E-state index contributed by atoms with van der Waals surface area (Å²) >= 11 is 0. The number of hydrogen-bond acceptors (Lipinski definition) is 7. The third-order valence-electron chi connectivity index (χ3n) is 4.95. The van der Waals surface area contributed by atoms with Gasteiger partial charge in [0, 0.05) is 19.2 Å². The van der Waals surface area contributed by atoms with Crippen LogP contribution in [0, 0.1) is 6.92 Å². The molecule has 0 saturated heterocycles. The Morgan fingerprint density at radius 3 is 2.59 bits per heavy atom. The summed E-state index contributed by atoms with van der Waals surface area (Å²) in [7, 11) is 0.249. The van der Waals surface area contributed by atoms with Crippen molar-refractivity contribution in [3.8, 4) is 17.2 Å². The van der Waals surface area contributed by atoms with Crippen LogP contribution >= 0.6 is 0 Å². The average Bonchev–Trinajstić information content (AvgIpc) is 2.74. The van der Waals surface area contributed by atoms with Crippen molar-refractivity contribution >= 4 is 33.2 Å². The van der Waals surface area contributed by atoms with E-state index in [1.807, 2.05) is 0 Å². The number of methoxy groups -OCH3 is 2. The van der Waals surface area contributed by atoms with Gasteiger partial charge in [0.1, 0.15) is 17.2 Å². The van der Waals surface area contributed by atoms with Crippen LogP contribution in [-0.4, -0.2) is 58.5 Å². The summed E-state index contributed by atoms with van der Waals surface area (Å²) in [6, 6.07) is 7.74. The highest BCUT2D eigenvalue weighted by molar-refractivity contribution is 7.89. The monoisotopic (exact) mass is 463 g/mol. The van der Waals surface area contributed by atoms with Crippen molar-refractivity contribution in [1.82, 2.24) is 4.31 Å². The average molecular weight is 464 g/mol. The molecule has 11 heteroatoms. The molecule has 0 bridgehead atoms. The first-order valence-electron chi connectivity index (χ1n) is 9.67. The van der Waals surface area contributed by atoms with Gasteiger partial charge in [0.2, 0.25) is 15.9 Å². The van der Waals surface area contributed by atoms with Crippen LogP contribution in [0.2, 0.25) is 0 Å². The molecule has 2 amide bonds. The number of nitrogens with one attached hydrogen (secondary N) is 2. The minimum atomic E-state index is -4.02. The summed E-state index contributed by atoms with van der Waals surface area (Å²) in [5.74, 6) is 0.321. The van der Waals surface area contributed by atoms with E-state index in [4.69, 9.17) is 14.2 Å². The van der Waals surface area contributed by atoms with Crippen LogP contribution in [0.25, 0.3) is 0 Å². The fraction of sp³-hybridized carbons (Fsp3) is 0.333. The Bertz CT molecular complexity index is 1160. The minimum Gasteiger partial charge on any atom is -0.497 e. The van der Waals surface area contributed by atoms with E-state index in [2.05, 4.69) is 10.6 Å². The van der Waals surface area contributed by atoms with Crippen molar-refractivity contribution in [2.45, 2.75) is 24.8 Å². The standard InChI is InChI=1S/C21H25N3O7S/c1-12-8-16-18(31-13(2)21(26)23-16)10-19(12)32(27,28)24(3)11-20(25)22-15-7-6-14(29-4)9-17(15)30-5/h6-10,13H,11H2,1-5H3,(H,22,25)(H,23,26)/t13-/m1/s1. The number of carbonyl (C=O) groups is 2. The molecular weight excluding hydrogens is 438 g/mol. The molecule has 0 fully saturated rings. The number of ether oxygens (including phenoxy) is 3. The molecule has 0 unspecified atom stereocenters. The van der Waals surface area contributed by atoms with Gasteiger partial charge in [-0.1, -0.05) is 0 Å². The summed E-state index contributed by atoms with van der Waals surface area (Å²) in [6.45, 7) is 2.74. The van der Waals surface area contributed by atoms with Crippen molar-refractivity contribution < 1.29 is 32.2 Å². The first-order valence-corrected chi connectivity index (χ1v) is 11.1. The molecule has 172 valence electrons. The van der Waals surface area contributed by atoms with Crippen LogP contribution in [-0.2, 0) is 19.6 Å². The fourth-order valence-corrected chi connectivity index (χ4v) is 4.51. The van der Waals surface area contributed by atoms with E-state index in [9.17, 15) is 18.0 Å². The van der Waals surface area contributed by atoms with Crippen LogP contribution in [0.1, 0.15) is 12.5 Å². The number of hydrogen-bond donors (Lipinski definition) is 2. The van der Waals surface area contributed by atoms with Gasteiger partial charge in [-0.2, -0.15) is 4.31 Å². The Morgan fingerprint density at radius 2 is 1.94 bits per heavy atom. The van der Waals surface area contributed by atoms with Crippen LogP contribution < -0.4 is 24.8 Å². The fourth-order valence-electron chi connectivity index (χ4n) is 3.17. The van der Waals surface area contributed by atoms with Gasteiger partial charge in [0.25, 0.3) is 5.91 Å². The molecular formula is C21H25N3O7S. The topological polar surface area (TPSA) is 123 Å². The molecule has 1 atom stereocenters. The van der Waals surface area contributed by atoms with Gasteiger partial charge in [-0.05, 0) is 37.6 Å². The second kappa shape index (κ2) is 9.05. The maximum Gasteiger partial charge on any atom is 0.265 e. The van der Waals surface area contributed by atoms with Gasteiger partial charge in [-0.15, -0.1) is 0 Å². The van der Waals surface area contributed by atoms with Gasteiger partial charge in [-0.25, -0.2) is 8.42 Å². The lowest BCUT2D eigenvalue weighted by Gasteiger charge is -2.25. The first-order chi connectivity index (χ1) is 15.1. The number of benzene rings is 2. The molecule has 0 aromatic heterocycles. The lowest BCUT2D eigenvalue weighted by Crippen LogP contribution is -2.36. The smallest absolute Gasteiger partial charge is 0.265 e. The largest absolute Gasteiger partial charge is 0.497 e.